The molecule has 2 N–H and O–H groups in total. The standard InChI is InChI=1S/C30H44N2O5S/c1-22(20-35-3)11-16-38-25-8-6-24(7-9-25)30-27(33)18-31-19-29(30)37-21-23-5-10-28-26(17-23)32(13-15-36-28)12-4-14-34-2/h5-10,17,22,27,29-31,33H,4,11-16,18-21H2,1-3H3/t22?,27-,29+,30+/m1/s1. The van der Waals surface area contributed by atoms with Gasteiger partial charge in [-0.15, -0.1) is 11.8 Å². The number of hydrogen-bond acceptors (Lipinski definition) is 8. The monoisotopic (exact) mass is 544 g/mol. The van der Waals surface area contributed by atoms with Gasteiger partial charge in [-0.1, -0.05) is 25.1 Å². The topological polar surface area (TPSA) is 72.4 Å². The maximum Gasteiger partial charge on any atom is 0.142 e. The lowest BCUT2D eigenvalue weighted by molar-refractivity contribution is -0.0328. The Morgan fingerprint density at radius 2 is 1.97 bits per heavy atom. The minimum atomic E-state index is -0.490. The lowest BCUT2D eigenvalue weighted by atomic mass is 9.85. The molecule has 0 bridgehead atoms. The van der Waals surface area contributed by atoms with Crippen LogP contribution in [0.25, 0.3) is 0 Å². The number of hydrogen-bond donors (Lipinski definition) is 2. The van der Waals surface area contributed by atoms with Crippen LogP contribution in [0.4, 0.5) is 5.69 Å². The third-order valence-corrected chi connectivity index (χ3v) is 8.38. The summed E-state index contributed by atoms with van der Waals surface area (Å²) < 4.78 is 22.8. The Labute approximate surface area is 232 Å². The van der Waals surface area contributed by atoms with Crippen LogP contribution < -0.4 is 15.0 Å². The number of thioether (sulfide) groups is 1. The van der Waals surface area contributed by atoms with Gasteiger partial charge < -0.3 is 34.3 Å². The van der Waals surface area contributed by atoms with E-state index in [2.05, 4.69) is 53.5 Å². The molecule has 1 unspecified atom stereocenters. The molecule has 2 aliphatic heterocycles. The van der Waals surface area contributed by atoms with Crippen LogP contribution in [0.5, 0.6) is 5.75 Å². The SMILES string of the molecule is COCCCN1CCOc2ccc(CO[C@H]3CNC[C@@H](O)[C@@H]3c3ccc(SCCC(C)COC)cc3)cc21. The first-order chi connectivity index (χ1) is 18.6. The number of ether oxygens (including phenoxy) is 4. The number of anilines is 1. The zero-order valence-corrected chi connectivity index (χ0v) is 23.9. The highest BCUT2D eigenvalue weighted by Gasteiger charge is 2.34. The smallest absolute Gasteiger partial charge is 0.142 e. The molecule has 2 aliphatic rings. The number of β-amino-alcohol motifs (C(OH)–C–C–N with tert-alkyl or cyclic N) is 1. The van der Waals surface area contributed by atoms with Crippen molar-refractivity contribution in [1.29, 1.82) is 0 Å². The van der Waals surface area contributed by atoms with Crippen LogP contribution in [0.2, 0.25) is 0 Å². The minimum absolute atomic E-state index is 0.0662. The van der Waals surface area contributed by atoms with E-state index in [0.717, 1.165) is 67.5 Å². The Hall–Kier alpha value is -1.81. The molecule has 38 heavy (non-hydrogen) atoms. The molecule has 0 aromatic heterocycles. The van der Waals surface area contributed by atoms with E-state index in [1.54, 1.807) is 14.2 Å². The van der Waals surface area contributed by atoms with Crippen LogP contribution in [0.15, 0.2) is 47.4 Å². The molecule has 0 aliphatic carbocycles. The predicted octanol–water partition coefficient (Wildman–Crippen LogP) is 4.32. The van der Waals surface area contributed by atoms with E-state index in [-0.39, 0.29) is 12.0 Å². The Morgan fingerprint density at radius 1 is 1.13 bits per heavy atom. The van der Waals surface area contributed by atoms with Gasteiger partial charge >= 0.3 is 0 Å². The van der Waals surface area contributed by atoms with Crippen molar-refractivity contribution in [3.05, 3.63) is 53.6 Å². The van der Waals surface area contributed by atoms with Gasteiger partial charge in [0.2, 0.25) is 0 Å². The maximum atomic E-state index is 10.9. The molecule has 1 fully saturated rings. The molecular formula is C30H44N2O5S. The minimum Gasteiger partial charge on any atom is -0.490 e. The van der Waals surface area contributed by atoms with Crippen LogP contribution in [0.1, 0.15) is 36.8 Å². The molecule has 0 spiro atoms. The summed E-state index contributed by atoms with van der Waals surface area (Å²) in [6, 6.07) is 15.0. The quantitative estimate of drug-likeness (QED) is 0.269. The zero-order chi connectivity index (χ0) is 26.7. The van der Waals surface area contributed by atoms with Crippen LogP contribution in [-0.4, -0.2) is 83.3 Å². The molecule has 2 heterocycles. The van der Waals surface area contributed by atoms with E-state index >= 15 is 0 Å². The molecule has 8 heteroatoms. The molecule has 4 atom stereocenters. The summed E-state index contributed by atoms with van der Waals surface area (Å²) in [5.74, 6) is 2.50. The number of aliphatic hydroxyl groups is 1. The van der Waals surface area contributed by atoms with E-state index < -0.39 is 6.10 Å². The van der Waals surface area contributed by atoms with E-state index in [9.17, 15) is 5.11 Å². The second-order valence-electron chi connectivity index (χ2n) is 10.4. The maximum absolute atomic E-state index is 10.9. The van der Waals surface area contributed by atoms with Crippen LogP contribution in [0, 0.1) is 5.92 Å². The van der Waals surface area contributed by atoms with Crippen molar-refractivity contribution < 1.29 is 24.1 Å². The molecular weight excluding hydrogens is 500 g/mol. The van der Waals surface area contributed by atoms with Crippen molar-refractivity contribution in [1.82, 2.24) is 5.32 Å². The highest BCUT2D eigenvalue weighted by atomic mass is 32.2. The van der Waals surface area contributed by atoms with Gasteiger partial charge in [0.05, 0.1) is 31.0 Å². The molecule has 0 amide bonds. The molecule has 2 aromatic carbocycles. The van der Waals surface area contributed by atoms with Crippen molar-refractivity contribution in [3.8, 4) is 5.75 Å². The normalized spacial score (nSPS) is 22.1. The number of methoxy groups -OCH3 is 2. The summed E-state index contributed by atoms with van der Waals surface area (Å²) in [5.41, 5.74) is 3.36. The molecule has 2 aromatic rings. The molecule has 1 saturated heterocycles. The van der Waals surface area contributed by atoms with Crippen LogP contribution in [0.3, 0.4) is 0 Å². The van der Waals surface area contributed by atoms with Gasteiger partial charge in [-0.2, -0.15) is 0 Å². The van der Waals surface area contributed by atoms with Gasteiger partial charge in [0.15, 0.2) is 0 Å². The third kappa shape index (κ3) is 8.10. The average Bonchev–Trinajstić information content (AvgIpc) is 2.93. The summed E-state index contributed by atoms with van der Waals surface area (Å²) in [5, 5.41) is 14.3. The second-order valence-corrected chi connectivity index (χ2v) is 11.5. The summed E-state index contributed by atoms with van der Waals surface area (Å²) in [4.78, 5) is 3.62. The van der Waals surface area contributed by atoms with E-state index in [1.165, 1.54) is 4.90 Å². The number of fused-ring (bicyclic) bond motifs is 1. The number of aliphatic hydroxyl groups excluding tert-OH is 1. The van der Waals surface area contributed by atoms with Gasteiger partial charge in [-0.25, -0.2) is 0 Å². The molecule has 4 rings (SSSR count). The first kappa shape index (κ1) is 29.2. The lowest BCUT2D eigenvalue weighted by Gasteiger charge is -2.36. The van der Waals surface area contributed by atoms with E-state index in [1.807, 2.05) is 17.8 Å². The second kappa shape index (κ2) is 15.1. The van der Waals surface area contributed by atoms with Crippen molar-refractivity contribution in [2.75, 3.05) is 70.9 Å². The molecule has 7 nitrogen and oxygen atoms in total. The number of rotatable bonds is 14. The third-order valence-electron chi connectivity index (χ3n) is 7.33. The Kier molecular flexibility index (Phi) is 11.6. The van der Waals surface area contributed by atoms with Gasteiger partial charge in [0.1, 0.15) is 12.4 Å². The summed E-state index contributed by atoms with van der Waals surface area (Å²) in [7, 11) is 3.50. The van der Waals surface area contributed by atoms with E-state index in [0.29, 0.717) is 32.2 Å². The first-order valence-corrected chi connectivity index (χ1v) is 14.8. The van der Waals surface area contributed by atoms with E-state index in [4.69, 9.17) is 18.9 Å². The largest absolute Gasteiger partial charge is 0.490 e. The number of piperidine rings is 1. The van der Waals surface area contributed by atoms with Crippen molar-refractivity contribution in [3.63, 3.8) is 0 Å². The zero-order valence-electron chi connectivity index (χ0n) is 23.1. The van der Waals surface area contributed by atoms with Crippen molar-refractivity contribution >= 4 is 17.4 Å². The number of nitrogens with zero attached hydrogens (tertiary/aromatic N) is 1. The Bertz CT molecular complexity index is 976. The molecule has 0 saturated carbocycles. The fourth-order valence-electron chi connectivity index (χ4n) is 5.25. The van der Waals surface area contributed by atoms with Crippen LogP contribution >= 0.6 is 11.8 Å². The van der Waals surface area contributed by atoms with Gasteiger partial charge in [0, 0.05) is 57.9 Å². The average molecular weight is 545 g/mol. The highest BCUT2D eigenvalue weighted by molar-refractivity contribution is 7.99. The highest BCUT2D eigenvalue weighted by Crippen LogP contribution is 2.34. The molecule has 0 radical (unpaired) electrons. The number of benzene rings is 2. The summed E-state index contributed by atoms with van der Waals surface area (Å²) in [6.45, 7) is 8.08. The van der Waals surface area contributed by atoms with Crippen LogP contribution in [-0.2, 0) is 20.8 Å². The molecule has 210 valence electrons. The fourth-order valence-corrected chi connectivity index (χ4v) is 6.33. The van der Waals surface area contributed by atoms with Gasteiger partial charge in [-0.3, -0.25) is 0 Å². The summed E-state index contributed by atoms with van der Waals surface area (Å²) >= 11 is 1.87. The van der Waals surface area contributed by atoms with Crippen molar-refractivity contribution in [2.45, 2.75) is 49.4 Å². The Morgan fingerprint density at radius 3 is 2.76 bits per heavy atom. The Balaban J connectivity index is 1.37. The first-order valence-electron chi connectivity index (χ1n) is 13.8. The van der Waals surface area contributed by atoms with Gasteiger partial charge in [-0.05, 0) is 59.9 Å². The van der Waals surface area contributed by atoms with Crippen molar-refractivity contribution in [2.24, 2.45) is 5.92 Å². The number of nitrogens with one attached hydrogen (secondary N) is 1. The van der Waals surface area contributed by atoms with Gasteiger partial charge in [0.25, 0.3) is 0 Å². The lowest BCUT2D eigenvalue weighted by Crippen LogP contribution is -2.49. The summed E-state index contributed by atoms with van der Waals surface area (Å²) in [6.07, 6.45) is 1.50. The predicted molar refractivity (Wildman–Crippen MR) is 154 cm³/mol. The fraction of sp³-hybridized carbons (Fsp3) is 0.600.